The van der Waals surface area contributed by atoms with Crippen molar-refractivity contribution in [3.8, 4) is 5.75 Å². The Balaban J connectivity index is 2.62. The summed E-state index contributed by atoms with van der Waals surface area (Å²) in [6.45, 7) is 0.158. The number of methoxy groups -OCH3 is 1. The van der Waals surface area contributed by atoms with Crippen LogP contribution in [0.2, 0.25) is 0 Å². The van der Waals surface area contributed by atoms with Crippen LogP contribution in [0.15, 0.2) is 24.3 Å². The third-order valence-electron chi connectivity index (χ3n) is 1.98. The van der Waals surface area contributed by atoms with Crippen LogP contribution in [-0.4, -0.2) is 26.0 Å². The minimum Gasteiger partial charge on any atom is -0.469 e. The molecule has 0 saturated carbocycles. The summed E-state index contributed by atoms with van der Waals surface area (Å²) in [6.07, 6.45) is -4.70. The van der Waals surface area contributed by atoms with Gasteiger partial charge in [0, 0.05) is 6.54 Å². The van der Waals surface area contributed by atoms with Crippen LogP contribution >= 0.6 is 0 Å². The predicted octanol–water partition coefficient (Wildman–Crippen LogP) is 2.56. The molecule has 0 heterocycles. The zero-order chi connectivity index (χ0) is 13.6. The Morgan fingerprint density at radius 1 is 1.33 bits per heavy atom. The number of ether oxygens (including phenoxy) is 2. The molecule has 1 aromatic rings. The lowest BCUT2D eigenvalue weighted by molar-refractivity contribution is -0.274. The van der Waals surface area contributed by atoms with Crippen molar-refractivity contribution >= 4 is 11.7 Å². The van der Waals surface area contributed by atoms with Gasteiger partial charge in [0.05, 0.1) is 19.2 Å². The van der Waals surface area contributed by atoms with Gasteiger partial charge in [-0.2, -0.15) is 0 Å². The first kappa shape index (κ1) is 14.1. The first-order valence-electron chi connectivity index (χ1n) is 5.08. The van der Waals surface area contributed by atoms with Crippen LogP contribution < -0.4 is 10.1 Å². The number of hydrogen-bond acceptors (Lipinski definition) is 4. The van der Waals surface area contributed by atoms with Crippen molar-refractivity contribution in [1.82, 2.24) is 0 Å². The summed E-state index contributed by atoms with van der Waals surface area (Å²) in [5.74, 6) is -0.786. The molecule has 1 aromatic carbocycles. The van der Waals surface area contributed by atoms with Gasteiger partial charge in [-0.3, -0.25) is 4.79 Å². The van der Waals surface area contributed by atoms with E-state index in [1.54, 1.807) is 6.07 Å². The maximum atomic E-state index is 12.1. The normalized spacial score (nSPS) is 10.9. The molecule has 0 unspecified atom stereocenters. The Labute approximate surface area is 102 Å². The van der Waals surface area contributed by atoms with Crippen molar-refractivity contribution in [3.05, 3.63) is 24.3 Å². The highest BCUT2D eigenvalue weighted by Gasteiger charge is 2.32. The molecule has 4 nitrogen and oxygen atoms in total. The van der Waals surface area contributed by atoms with Crippen molar-refractivity contribution in [1.29, 1.82) is 0 Å². The van der Waals surface area contributed by atoms with Crippen LogP contribution in [0, 0.1) is 0 Å². The number of halogens is 3. The van der Waals surface area contributed by atoms with Gasteiger partial charge >= 0.3 is 12.3 Å². The second-order valence-corrected chi connectivity index (χ2v) is 3.30. The molecule has 0 radical (unpaired) electrons. The Morgan fingerprint density at radius 3 is 2.61 bits per heavy atom. The maximum Gasteiger partial charge on any atom is 0.573 e. The monoisotopic (exact) mass is 263 g/mol. The van der Waals surface area contributed by atoms with E-state index in [1.165, 1.54) is 25.3 Å². The fourth-order valence-corrected chi connectivity index (χ4v) is 1.23. The van der Waals surface area contributed by atoms with Gasteiger partial charge in [-0.05, 0) is 12.1 Å². The van der Waals surface area contributed by atoms with Crippen LogP contribution in [0.25, 0.3) is 0 Å². The summed E-state index contributed by atoms with van der Waals surface area (Å²) in [7, 11) is 1.24. The van der Waals surface area contributed by atoms with Crippen molar-refractivity contribution in [2.24, 2.45) is 0 Å². The predicted molar refractivity (Wildman–Crippen MR) is 58.2 cm³/mol. The van der Waals surface area contributed by atoms with Crippen LogP contribution in [0.1, 0.15) is 6.42 Å². The molecule has 0 aliphatic heterocycles. The van der Waals surface area contributed by atoms with E-state index in [0.29, 0.717) is 0 Å². The zero-order valence-corrected chi connectivity index (χ0v) is 9.58. The number of para-hydroxylation sites is 2. The van der Waals surface area contributed by atoms with Gasteiger partial charge in [0.2, 0.25) is 0 Å². The quantitative estimate of drug-likeness (QED) is 0.829. The van der Waals surface area contributed by atoms with E-state index in [1.807, 2.05) is 0 Å². The molecule has 0 spiro atoms. The minimum absolute atomic E-state index is 0.0524. The standard InChI is InChI=1S/C11H12F3NO3/c1-17-10(16)6-7-15-8-4-2-3-5-9(8)18-11(12,13)14/h2-5,15H,6-7H2,1H3. The maximum absolute atomic E-state index is 12.1. The van der Waals surface area contributed by atoms with Gasteiger partial charge in [-0.25, -0.2) is 0 Å². The molecule has 0 saturated heterocycles. The summed E-state index contributed by atoms with van der Waals surface area (Å²) in [4.78, 5) is 10.8. The van der Waals surface area contributed by atoms with E-state index in [-0.39, 0.29) is 24.4 Å². The van der Waals surface area contributed by atoms with Gasteiger partial charge in [-0.15, -0.1) is 13.2 Å². The number of nitrogens with one attached hydrogen (secondary N) is 1. The molecule has 0 aliphatic carbocycles. The average molecular weight is 263 g/mol. The fourth-order valence-electron chi connectivity index (χ4n) is 1.23. The number of esters is 1. The fraction of sp³-hybridized carbons (Fsp3) is 0.364. The summed E-state index contributed by atoms with van der Waals surface area (Å²) in [5, 5.41) is 2.68. The molecule has 0 amide bonds. The van der Waals surface area contributed by atoms with E-state index in [4.69, 9.17) is 0 Å². The van der Waals surface area contributed by atoms with Gasteiger partial charge < -0.3 is 14.8 Å². The van der Waals surface area contributed by atoms with E-state index in [0.717, 1.165) is 0 Å². The van der Waals surface area contributed by atoms with E-state index < -0.39 is 12.3 Å². The summed E-state index contributed by atoms with van der Waals surface area (Å²) in [5.41, 5.74) is 0.165. The molecule has 7 heteroatoms. The Bertz CT molecular complexity index is 407. The largest absolute Gasteiger partial charge is 0.573 e. The average Bonchev–Trinajstić information content (AvgIpc) is 2.29. The lowest BCUT2D eigenvalue weighted by atomic mass is 10.3. The van der Waals surface area contributed by atoms with Crippen LogP contribution in [-0.2, 0) is 9.53 Å². The third kappa shape index (κ3) is 4.94. The second kappa shape index (κ2) is 6.13. The first-order chi connectivity index (χ1) is 8.42. The SMILES string of the molecule is COC(=O)CCNc1ccccc1OC(F)(F)F. The number of alkyl halides is 3. The molecular weight excluding hydrogens is 251 g/mol. The van der Waals surface area contributed by atoms with Gasteiger partial charge in [-0.1, -0.05) is 12.1 Å². The molecule has 0 aliphatic rings. The minimum atomic E-state index is -4.75. The molecule has 18 heavy (non-hydrogen) atoms. The first-order valence-corrected chi connectivity index (χ1v) is 5.08. The summed E-state index contributed by atoms with van der Waals surface area (Å²) >= 11 is 0. The number of rotatable bonds is 5. The summed E-state index contributed by atoms with van der Waals surface area (Å²) in [6, 6.07) is 5.60. The highest BCUT2D eigenvalue weighted by atomic mass is 19.4. The number of benzene rings is 1. The molecule has 1 rings (SSSR count). The van der Waals surface area contributed by atoms with Gasteiger partial charge in [0.25, 0.3) is 0 Å². The lowest BCUT2D eigenvalue weighted by Crippen LogP contribution is -2.18. The molecule has 0 atom stereocenters. The van der Waals surface area contributed by atoms with Crippen molar-refractivity contribution in [2.45, 2.75) is 12.8 Å². The molecule has 0 fully saturated rings. The van der Waals surface area contributed by atoms with Crippen molar-refractivity contribution < 1.29 is 27.4 Å². The number of anilines is 1. The molecular formula is C11H12F3NO3. The Hall–Kier alpha value is -1.92. The van der Waals surface area contributed by atoms with Crippen molar-refractivity contribution in [2.75, 3.05) is 19.0 Å². The summed E-state index contributed by atoms with van der Waals surface area (Å²) < 4.78 is 44.6. The second-order valence-electron chi connectivity index (χ2n) is 3.30. The van der Waals surface area contributed by atoms with E-state index in [9.17, 15) is 18.0 Å². The Morgan fingerprint density at radius 2 is 2.00 bits per heavy atom. The number of carbonyl (C=O) groups excluding carboxylic acids is 1. The topological polar surface area (TPSA) is 47.6 Å². The number of hydrogen-bond donors (Lipinski definition) is 1. The highest BCUT2D eigenvalue weighted by molar-refractivity contribution is 5.70. The highest BCUT2D eigenvalue weighted by Crippen LogP contribution is 2.29. The molecule has 0 bridgehead atoms. The zero-order valence-electron chi connectivity index (χ0n) is 9.58. The smallest absolute Gasteiger partial charge is 0.469 e. The van der Waals surface area contributed by atoms with Gasteiger partial charge in [0.1, 0.15) is 0 Å². The third-order valence-corrected chi connectivity index (χ3v) is 1.98. The van der Waals surface area contributed by atoms with Crippen LogP contribution in [0.3, 0.4) is 0 Å². The van der Waals surface area contributed by atoms with Crippen molar-refractivity contribution in [3.63, 3.8) is 0 Å². The van der Waals surface area contributed by atoms with E-state index in [2.05, 4.69) is 14.8 Å². The van der Waals surface area contributed by atoms with Gasteiger partial charge in [0.15, 0.2) is 5.75 Å². The molecule has 0 aromatic heterocycles. The molecule has 1 N–H and O–H groups in total. The van der Waals surface area contributed by atoms with Crippen LogP contribution in [0.5, 0.6) is 5.75 Å². The van der Waals surface area contributed by atoms with Crippen LogP contribution in [0.4, 0.5) is 18.9 Å². The molecule has 100 valence electrons. The Kier molecular flexibility index (Phi) is 4.82. The number of carbonyl (C=O) groups is 1. The van der Waals surface area contributed by atoms with E-state index >= 15 is 0 Å². The lowest BCUT2D eigenvalue weighted by Gasteiger charge is -2.14.